The van der Waals surface area contributed by atoms with Crippen LogP contribution in [0.5, 0.6) is 11.5 Å². The Morgan fingerprint density at radius 3 is 2.58 bits per heavy atom. The molecule has 0 aliphatic carbocycles. The lowest BCUT2D eigenvalue weighted by atomic mass is 10.1. The molecule has 1 rings (SSSR count). The fraction of sp³-hybridized carbons (Fsp3) is 0.308. The van der Waals surface area contributed by atoms with E-state index in [-0.39, 0.29) is 5.70 Å². The number of allylic oxidation sites excluding steroid dienone is 1. The van der Waals surface area contributed by atoms with Crippen LogP contribution >= 0.6 is 0 Å². The molecule has 6 heteroatoms. The summed E-state index contributed by atoms with van der Waals surface area (Å²) in [6.07, 6.45) is 1.42. The van der Waals surface area contributed by atoms with Crippen molar-refractivity contribution in [3.63, 3.8) is 0 Å². The molecule has 0 heterocycles. The van der Waals surface area contributed by atoms with Crippen molar-refractivity contribution < 1.29 is 19.2 Å². The molecule has 0 aliphatic rings. The van der Waals surface area contributed by atoms with Crippen LogP contribution in [0.2, 0.25) is 0 Å². The van der Waals surface area contributed by atoms with Crippen molar-refractivity contribution in [3.05, 3.63) is 39.6 Å². The number of carbonyl (C=O) groups is 1. The van der Waals surface area contributed by atoms with Gasteiger partial charge in [0.05, 0.1) is 11.5 Å². The van der Waals surface area contributed by atoms with Gasteiger partial charge in [0.15, 0.2) is 11.5 Å². The number of hydrogen-bond acceptors (Lipinski definition) is 5. The molecule has 0 atom stereocenters. The zero-order valence-electron chi connectivity index (χ0n) is 11.0. The van der Waals surface area contributed by atoms with Crippen molar-refractivity contribution in [1.82, 2.24) is 0 Å². The van der Waals surface area contributed by atoms with Gasteiger partial charge in [-0.2, -0.15) is 0 Å². The lowest BCUT2D eigenvalue weighted by molar-refractivity contribution is -0.422. The van der Waals surface area contributed by atoms with Crippen molar-refractivity contribution >= 4 is 12.0 Å². The Hall–Kier alpha value is -2.37. The summed E-state index contributed by atoms with van der Waals surface area (Å²) in [4.78, 5) is 21.0. The first-order valence-corrected chi connectivity index (χ1v) is 5.72. The average Bonchev–Trinajstić information content (AvgIpc) is 2.32. The number of hydrogen-bond donors (Lipinski definition) is 0. The third-order valence-electron chi connectivity index (χ3n) is 2.18. The maximum atomic E-state index is 10.9. The Morgan fingerprint density at radius 2 is 2.05 bits per heavy atom. The van der Waals surface area contributed by atoms with Crippen LogP contribution in [0.15, 0.2) is 23.9 Å². The second-order valence-corrected chi connectivity index (χ2v) is 3.78. The van der Waals surface area contributed by atoms with Gasteiger partial charge in [-0.3, -0.25) is 14.9 Å². The van der Waals surface area contributed by atoms with Crippen LogP contribution in [0.4, 0.5) is 0 Å². The molecule has 0 unspecified atom stereocenters. The van der Waals surface area contributed by atoms with E-state index in [0.717, 1.165) is 0 Å². The molecule has 1 aromatic rings. The minimum absolute atomic E-state index is 0.0164. The number of esters is 1. The van der Waals surface area contributed by atoms with E-state index in [2.05, 4.69) is 0 Å². The van der Waals surface area contributed by atoms with Gasteiger partial charge in [0.2, 0.25) is 5.70 Å². The summed E-state index contributed by atoms with van der Waals surface area (Å²) in [5.41, 5.74) is 0.622. The summed E-state index contributed by atoms with van der Waals surface area (Å²) >= 11 is 0. The lowest BCUT2D eigenvalue weighted by Crippen LogP contribution is -2.04. The molecule has 0 fully saturated rings. The number of rotatable bonds is 5. The van der Waals surface area contributed by atoms with Gasteiger partial charge in [-0.05, 0) is 24.6 Å². The van der Waals surface area contributed by atoms with Gasteiger partial charge in [-0.15, -0.1) is 0 Å². The molecular formula is C13H15NO5. The zero-order chi connectivity index (χ0) is 14.4. The van der Waals surface area contributed by atoms with Crippen LogP contribution in [0, 0.1) is 10.1 Å². The highest BCUT2D eigenvalue weighted by atomic mass is 16.6. The van der Waals surface area contributed by atoms with Gasteiger partial charge in [-0.25, -0.2) is 0 Å². The van der Waals surface area contributed by atoms with E-state index in [1.54, 1.807) is 25.1 Å². The minimum atomic E-state index is -0.472. The van der Waals surface area contributed by atoms with Gasteiger partial charge >= 0.3 is 5.97 Å². The van der Waals surface area contributed by atoms with Crippen molar-refractivity contribution in [2.24, 2.45) is 0 Å². The minimum Gasteiger partial charge on any atom is -0.490 e. The van der Waals surface area contributed by atoms with Crippen LogP contribution in [0.3, 0.4) is 0 Å². The van der Waals surface area contributed by atoms with E-state index >= 15 is 0 Å². The smallest absolute Gasteiger partial charge is 0.308 e. The van der Waals surface area contributed by atoms with E-state index in [1.807, 2.05) is 0 Å². The predicted octanol–water partition coefficient (Wildman–Crippen LogP) is 2.65. The lowest BCUT2D eigenvalue weighted by Gasteiger charge is -2.10. The Kier molecular flexibility index (Phi) is 5.05. The molecule has 0 amide bonds. The molecule has 6 nitrogen and oxygen atoms in total. The van der Waals surface area contributed by atoms with E-state index in [0.29, 0.717) is 23.7 Å². The molecule has 102 valence electrons. The highest BCUT2D eigenvalue weighted by molar-refractivity contribution is 5.71. The molecule has 19 heavy (non-hydrogen) atoms. The number of carbonyl (C=O) groups excluding carboxylic acids is 1. The largest absolute Gasteiger partial charge is 0.490 e. The third-order valence-corrected chi connectivity index (χ3v) is 2.18. The molecule has 0 aromatic heterocycles. The highest BCUT2D eigenvalue weighted by Crippen LogP contribution is 2.29. The Morgan fingerprint density at radius 1 is 1.37 bits per heavy atom. The second kappa shape index (κ2) is 6.53. The third kappa shape index (κ3) is 4.42. The fourth-order valence-electron chi connectivity index (χ4n) is 1.42. The summed E-state index contributed by atoms with van der Waals surface area (Å²) in [7, 11) is 0. The molecule has 0 saturated heterocycles. The number of benzene rings is 1. The number of nitrogens with zero attached hydrogens (tertiary/aromatic N) is 1. The highest BCUT2D eigenvalue weighted by Gasteiger charge is 2.09. The molecule has 0 aliphatic heterocycles. The summed E-state index contributed by atoms with van der Waals surface area (Å²) in [5, 5.41) is 10.6. The molecule has 0 spiro atoms. The molecule has 0 N–H and O–H groups in total. The standard InChI is InChI=1S/C13H15NO5/c1-4-18-13-8-11(7-9(2)14(16)17)5-6-12(13)19-10(3)15/h5-8H,4H2,1-3H3/b9-7+. The molecular weight excluding hydrogens is 250 g/mol. The van der Waals surface area contributed by atoms with Crippen molar-refractivity contribution in [2.75, 3.05) is 6.61 Å². The summed E-state index contributed by atoms with van der Waals surface area (Å²) < 4.78 is 10.3. The van der Waals surface area contributed by atoms with Gasteiger partial charge in [0.25, 0.3) is 0 Å². The molecule has 0 saturated carbocycles. The van der Waals surface area contributed by atoms with Crippen molar-refractivity contribution in [1.29, 1.82) is 0 Å². The summed E-state index contributed by atoms with van der Waals surface area (Å²) in [6.45, 7) is 4.89. The molecule has 0 radical (unpaired) electrons. The van der Waals surface area contributed by atoms with Gasteiger partial charge in [-0.1, -0.05) is 6.07 Å². The fourth-order valence-corrected chi connectivity index (χ4v) is 1.42. The first-order valence-electron chi connectivity index (χ1n) is 5.72. The topological polar surface area (TPSA) is 78.7 Å². The molecule has 0 bridgehead atoms. The summed E-state index contributed by atoms with van der Waals surface area (Å²) in [6, 6.07) is 4.76. The number of ether oxygens (including phenoxy) is 2. The SMILES string of the molecule is CCOc1cc(/C=C(\C)[N+](=O)[O-])ccc1OC(C)=O. The van der Waals surface area contributed by atoms with Gasteiger partial charge < -0.3 is 9.47 Å². The predicted molar refractivity (Wildman–Crippen MR) is 69.6 cm³/mol. The van der Waals surface area contributed by atoms with Crippen LogP contribution in [0.1, 0.15) is 26.3 Å². The van der Waals surface area contributed by atoms with Crippen LogP contribution < -0.4 is 9.47 Å². The Bertz CT molecular complexity index is 522. The first kappa shape index (κ1) is 14.7. The monoisotopic (exact) mass is 265 g/mol. The van der Waals surface area contributed by atoms with Crippen molar-refractivity contribution in [2.45, 2.75) is 20.8 Å². The van der Waals surface area contributed by atoms with E-state index in [9.17, 15) is 14.9 Å². The van der Waals surface area contributed by atoms with E-state index in [1.165, 1.54) is 19.9 Å². The molecule has 1 aromatic carbocycles. The van der Waals surface area contributed by atoms with E-state index < -0.39 is 10.9 Å². The van der Waals surface area contributed by atoms with Crippen LogP contribution in [-0.2, 0) is 4.79 Å². The van der Waals surface area contributed by atoms with E-state index in [4.69, 9.17) is 9.47 Å². The maximum Gasteiger partial charge on any atom is 0.308 e. The second-order valence-electron chi connectivity index (χ2n) is 3.78. The Labute approximate surface area is 110 Å². The van der Waals surface area contributed by atoms with Crippen LogP contribution in [-0.4, -0.2) is 17.5 Å². The van der Waals surface area contributed by atoms with Gasteiger partial charge in [0.1, 0.15) is 0 Å². The van der Waals surface area contributed by atoms with Crippen molar-refractivity contribution in [3.8, 4) is 11.5 Å². The quantitative estimate of drug-likeness (QED) is 0.354. The Balaban J connectivity index is 3.11. The first-order chi connectivity index (χ1) is 8.93. The van der Waals surface area contributed by atoms with Crippen LogP contribution in [0.25, 0.3) is 6.08 Å². The number of nitro groups is 1. The summed E-state index contributed by atoms with van der Waals surface area (Å²) in [5.74, 6) is 0.221. The van der Waals surface area contributed by atoms with Gasteiger partial charge in [0, 0.05) is 19.9 Å². The maximum absolute atomic E-state index is 10.9. The zero-order valence-corrected chi connectivity index (χ0v) is 11.0. The normalized spacial score (nSPS) is 11.0. The average molecular weight is 265 g/mol.